The van der Waals surface area contributed by atoms with E-state index in [1.54, 1.807) is 40.1 Å². The van der Waals surface area contributed by atoms with Crippen LogP contribution in [0.3, 0.4) is 0 Å². The van der Waals surface area contributed by atoms with E-state index in [4.69, 9.17) is 4.42 Å². The van der Waals surface area contributed by atoms with E-state index < -0.39 is 0 Å². The summed E-state index contributed by atoms with van der Waals surface area (Å²) in [4.78, 5) is 51.4. The van der Waals surface area contributed by atoms with Gasteiger partial charge in [0.1, 0.15) is 28.3 Å². The van der Waals surface area contributed by atoms with Crippen LogP contribution in [0.1, 0.15) is 21.0 Å². The molecular weight excluding hydrogens is 506 g/mol. The maximum atomic E-state index is 13.3. The first kappa shape index (κ1) is 23.7. The van der Waals surface area contributed by atoms with E-state index in [2.05, 4.69) is 24.9 Å². The van der Waals surface area contributed by atoms with Crippen LogP contribution in [0.15, 0.2) is 89.3 Å². The van der Waals surface area contributed by atoms with Crippen molar-refractivity contribution >= 4 is 33.9 Å². The number of imidazole rings is 1. The van der Waals surface area contributed by atoms with Gasteiger partial charge in [-0.2, -0.15) is 0 Å². The quantitative estimate of drug-likeness (QED) is 0.359. The number of aromatic nitrogens is 5. The monoisotopic (exact) mass is 529 g/mol. The Kier molecular flexibility index (Phi) is 5.77. The molecule has 0 unspecified atom stereocenters. The number of hydrogen-bond donors (Lipinski definition) is 1. The van der Waals surface area contributed by atoms with Gasteiger partial charge in [0.2, 0.25) is 5.89 Å². The molecule has 40 heavy (non-hydrogen) atoms. The van der Waals surface area contributed by atoms with Crippen LogP contribution < -0.4 is 0 Å². The van der Waals surface area contributed by atoms with Gasteiger partial charge in [-0.3, -0.25) is 9.59 Å². The molecule has 2 amide bonds. The van der Waals surface area contributed by atoms with Crippen molar-refractivity contribution in [2.45, 2.75) is 0 Å². The number of nitrogens with one attached hydrogen (secondary N) is 1. The van der Waals surface area contributed by atoms with Crippen molar-refractivity contribution in [3.05, 3.63) is 96.3 Å². The van der Waals surface area contributed by atoms with E-state index in [0.29, 0.717) is 66.3 Å². The molecule has 196 valence electrons. The average molecular weight is 530 g/mol. The molecule has 0 radical (unpaired) electrons. The van der Waals surface area contributed by atoms with Crippen molar-refractivity contribution in [1.82, 2.24) is 34.7 Å². The minimum absolute atomic E-state index is 0.179. The highest BCUT2D eigenvalue weighted by atomic mass is 16.3. The van der Waals surface area contributed by atoms with Crippen molar-refractivity contribution in [3.8, 4) is 23.1 Å². The van der Waals surface area contributed by atoms with Crippen molar-refractivity contribution in [2.75, 3.05) is 26.2 Å². The predicted molar refractivity (Wildman–Crippen MR) is 148 cm³/mol. The molecule has 10 nitrogen and oxygen atoms in total. The molecule has 0 saturated carbocycles. The Morgan fingerprint density at radius 3 is 1.90 bits per heavy atom. The second-order valence-electron chi connectivity index (χ2n) is 9.49. The summed E-state index contributed by atoms with van der Waals surface area (Å²) in [7, 11) is 0. The maximum absolute atomic E-state index is 13.3. The molecule has 5 heterocycles. The molecule has 10 heteroatoms. The first-order chi connectivity index (χ1) is 19.6. The van der Waals surface area contributed by atoms with Gasteiger partial charge in [0.05, 0.1) is 11.0 Å². The van der Waals surface area contributed by atoms with Gasteiger partial charge in [-0.25, -0.2) is 19.9 Å². The minimum Gasteiger partial charge on any atom is -0.435 e. The number of aromatic amines is 1. The number of piperazine rings is 1. The second-order valence-corrected chi connectivity index (χ2v) is 9.49. The van der Waals surface area contributed by atoms with Crippen LogP contribution in [0.5, 0.6) is 0 Å². The lowest BCUT2D eigenvalue weighted by Gasteiger charge is -2.34. The van der Waals surface area contributed by atoms with E-state index in [1.165, 1.54) is 0 Å². The van der Waals surface area contributed by atoms with Crippen LogP contribution >= 0.6 is 0 Å². The Bertz CT molecular complexity index is 1680. The molecule has 0 bridgehead atoms. The number of carbonyl (C=O) groups excluding carboxylic acids is 2. The van der Waals surface area contributed by atoms with Crippen molar-refractivity contribution in [1.29, 1.82) is 0 Å². The highest BCUT2D eigenvalue weighted by Crippen LogP contribution is 2.23. The number of carbonyl (C=O) groups is 2. The van der Waals surface area contributed by atoms with Gasteiger partial charge >= 0.3 is 0 Å². The lowest BCUT2D eigenvalue weighted by Crippen LogP contribution is -2.50. The third-order valence-corrected chi connectivity index (χ3v) is 6.94. The maximum Gasteiger partial charge on any atom is 0.272 e. The minimum atomic E-state index is -0.199. The van der Waals surface area contributed by atoms with Gasteiger partial charge in [0.25, 0.3) is 11.8 Å². The van der Waals surface area contributed by atoms with Crippen LogP contribution in [0.25, 0.3) is 45.2 Å². The largest absolute Gasteiger partial charge is 0.435 e. The summed E-state index contributed by atoms with van der Waals surface area (Å²) in [5.74, 6) is 0.596. The van der Waals surface area contributed by atoms with Crippen LogP contribution in [-0.4, -0.2) is 72.7 Å². The Hall–Kier alpha value is -5.38. The summed E-state index contributed by atoms with van der Waals surface area (Å²) < 4.78 is 5.81. The van der Waals surface area contributed by atoms with Crippen molar-refractivity contribution in [2.24, 2.45) is 0 Å². The van der Waals surface area contributed by atoms with Gasteiger partial charge in [-0.05, 0) is 48.5 Å². The fraction of sp³-hybridized carbons (Fsp3) is 0.133. The van der Waals surface area contributed by atoms with Crippen molar-refractivity contribution < 1.29 is 14.0 Å². The lowest BCUT2D eigenvalue weighted by molar-refractivity contribution is 0.0529. The number of oxazole rings is 1. The summed E-state index contributed by atoms with van der Waals surface area (Å²) in [6, 6.07) is 25.8. The zero-order chi connectivity index (χ0) is 27.1. The first-order valence-electron chi connectivity index (χ1n) is 13.0. The van der Waals surface area contributed by atoms with Crippen molar-refractivity contribution in [3.63, 3.8) is 0 Å². The summed E-state index contributed by atoms with van der Waals surface area (Å²) >= 11 is 0. The Labute approximate surface area is 228 Å². The number of H-pyrrole nitrogens is 1. The molecular formula is C30H23N7O3. The molecule has 7 rings (SSSR count). The molecule has 1 aliphatic rings. The highest BCUT2D eigenvalue weighted by molar-refractivity contribution is 5.95. The van der Waals surface area contributed by atoms with E-state index in [-0.39, 0.29) is 11.8 Å². The van der Waals surface area contributed by atoms with E-state index in [1.807, 2.05) is 54.6 Å². The second kappa shape index (κ2) is 9.73. The van der Waals surface area contributed by atoms with Crippen LogP contribution in [0.4, 0.5) is 0 Å². The first-order valence-corrected chi connectivity index (χ1v) is 13.0. The van der Waals surface area contributed by atoms with Gasteiger partial charge in [0.15, 0.2) is 11.4 Å². The van der Waals surface area contributed by atoms with Gasteiger partial charge in [0, 0.05) is 26.2 Å². The smallest absolute Gasteiger partial charge is 0.272 e. The van der Waals surface area contributed by atoms with E-state index >= 15 is 0 Å². The Morgan fingerprint density at radius 2 is 1.23 bits per heavy atom. The molecule has 1 N–H and O–H groups in total. The predicted octanol–water partition coefficient (Wildman–Crippen LogP) is 4.43. The number of hydrogen-bond acceptors (Lipinski definition) is 7. The number of pyridine rings is 2. The molecule has 1 aliphatic heterocycles. The molecule has 2 aromatic carbocycles. The molecule has 0 spiro atoms. The Balaban J connectivity index is 1.03. The number of rotatable bonds is 4. The SMILES string of the molecule is O=C(c1cccc(-c2nc3ccccc3[nH]2)n1)N1CCN(C(=O)c2cccc(-c3nc4ccccc4o3)n2)CC1. The zero-order valence-corrected chi connectivity index (χ0v) is 21.3. The molecule has 1 fully saturated rings. The zero-order valence-electron chi connectivity index (χ0n) is 21.3. The number of nitrogens with zero attached hydrogens (tertiary/aromatic N) is 6. The molecule has 4 aromatic heterocycles. The summed E-state index contributed by atoms with van der Waals surface area (Å²) in [6.07, 6.45) is 0. The summed E-state index contributed by atoms with van der Waals surface area (Å²) in [5.41, 5.74) is 4.87. The fourth-order valence-corrected chi connectivity index (χ4v) is 4.85. The van der Waals surface area contributed by atoms with E-state index in [9.17, 15) is 9.59 Å². The van der Waals surface area contributed by atoms with Gasteiger partial charge in [-0.1, -0.05) is 36.4 Å². The average Bonchev–Trinajstić information content (AvgIpc) is 3.65. The van der Waals surface area contributed by atoms with Crippen LogP contribution in [0.2, 0.25) is 0 Å². The lowest BCUT2D eigenvalue weighted by atomic mass is 10.2. The molecule has 6 aromatic rings. The number of benzene rings is 2. The normalized spacial score (nSPS) is 13.7. The van der Waals surface area contributed by atoms with Crippen LogP contribution in [-0.2, 0) is 0 Å². The Morgan fingerprint density at radius 1 is 0.625 bits per heavy atom. The van der Waals surface area contributed by atoms with Crippen LogP contribution in [0, 0.1) is 0 Å². The number of para-hydroxylation sites is 4. The third-order valence-electron chi connectivity index (χ3n) is 6.94. The van der Waals surface area contributed by atoms with Gasteiger partial charge in [-0.15, -0.1) is 0 Å². The van der Waals surface area contributed by atoms with Gasteiger partial charge < -0.3 is 19.2 Å². The summed E-state index contributed by atoms with van der Waals surface area (Å²) in [6.45, 7) is 1.57. The molecule has 1 saturated heterocycles. The molecule has 0 aliphatic carbocycles. The fourth-order valence-electron chi connectivity index (χ4n) is 4.85. The van der Waals surface area contributed by atoms with E-state index in [0.717, 1.165) is 16.6 Å². The third kappa shape index (κ3) is 4.35. The topological polar surface area (TPSA) is 121 Å². The molecule has 0 atom stereocenters. The number of amides is 2. The summed E-state index contributed by atoms with van der Waals surface area (Å²) in [5, 5.41) is 0. The highest BCUT2D eigenvalue weighted by Gasteiger charge is 2.27. The number of fused-ring (bicyclic) bond motifs is 2. The standard InChI is InChI=1S/C30H23N7O3/c38-29(24-12-5-10-22(31-24)27-33-19-7-1-2-8-20(19)34-27)36-15-17-37(18-16-36)30(39)25-13-6-11-23(32-25)28-35-21-9-3-4-14-26(21)40-28/h1-14H,15-18H2,(H,33,34).